The normalized spacial score (nSPS) is 18.8. The van der Waals surface area contributed by atoms with E-state index in [9.17, 15) is 19.5 Å². The molecule has 2 aliphatic rings. The first kappa shape index (κ1) is 24.1. The fraction of sp³-hybridized carbons (Fsp3) is 0.474. The number of aliphatic imine (C=N–C) groups is 1. The zero-order valence-corrected chi connectivity index (χ0v) is 17.6. The van der Waals surface area contributed by atoms with Gasteiger partial charge in [-0.05, 0) is 24.2 Å². The minimum Gasteiger partial charge on any atom is -0.478 e. The standard InChI is InChI=1S/C13H22N5O4.C6H5NO2/c1-15(4-5-19)6-9(20)7-18-8-14-11-10(18)12(21)17(3)13(22)16(11)2;8-6(9)5-2-1-3-7-4-5/h8-10,19-20H,4-7H2,1-3H3;1-4H,(H,8,9)/q+1;. The highest BCUT2D eigenvalue weighted by Crippen LogP contribution is 2.16. The molecule has 0 spiro atoms. The number of hydrogen-bond donors (Lipinski definition) is 3. The minimum atomic E-state index is -0.942. The number of hydrogen-bond acceptors (Lipinski definition) is 8. The Bertz CT molecular complexity index is 874. The van der Waals surface area contributed by atoms with Gasteiger partial charge in [-0.25, -0.2) is 14.2 Å². The zero-order valence-electron chi connectivity index (χ0n) is 17.6. The summed E-state index contributed by atoms with van der Waals surface area (Å²) in [4.78, 5) is 46.3. The molecule has 2 atom stereocenters. The maximum Gasteiger partial charge on any atom is 0.337 e. The van der Waals surface area contributed by atoms with Crippen LogP contribution < -0.4 is 0 Å². The number of aliphatic hydroxyl groups excluding tert-OH is 2. The molecule has 12 heteroatoms. The Labute approximate surface area is 179 Å². The number of imide groups is 1. The Morgan fingerprint density at radius 2 is 2.03 bits per heavy atom. The number of rotatable bonds is 7. The number of aliphatic hydroxyl groups is 2. The highest BCUT2D eigenvalue weighted by molar-refractivity contribution is 6.21. The molecule has 1 fully saturated rings. The molecule has 12 nitrogen and oxygen atoms in total. The Kier molecular flexibility index (Phi) is 8.30. The van der Waals surface area contributed by atoms with Gasteiger partial charge in [-0.15, -0.1) is 0 Å². The third-order valence-electron chi connectivity index (χ3n) is 4.73. The van der Waals surface area contributed by atoms with Crippen LogP contribution in [0.15, 0.2) is 29.5 Å². The number of β-amino-alcohol motifs (C(OH)–C–C–N with tert-alkyl or cyclic N) is 1. The number of likely N-dealkylation sites (N-methyl/N-ethyl adjacent to an activating group) is 3. The lowest BCUT2D eigenvalue weighted by Gasteiger charge is -2.31. The summed E-state index contributed by atoms with van der Waals surface area (Å²) in [5.74, 6) is -0.918. The van der Waals surface area contributed by atoms with Crippen molar-refractivity contribution in [1.82, 2.24) is 19.7 Å². The number of carboxylic acid groups (broad SMARTS) is 1. The van der Waals surface area contributed by atoms with E-state index in [0.717, 1.165) is 4.90 Å². The summed E-state index contributed by atoms with van der Waals surface area (Å²) in [6.07, 6.45) is 3.62. The molecule has 0 bridgehead atoms. The summed E-state index contributed by atoms with van der Waals surface area (Å²) in [7, 11) is 4.79. The molecule has 0 aliphatic carbocycles. The van der Waals surface area contributed by atoms with Crippen LogP contribution in [-0.4, -0.2) is 129 Å². The van der Waals surface area contributed by atoms with Crippen LogP contribution in [0.1, 0.15) is 10.4 Å². The monoisotopic (exact) mass is 435 g/mol. The van der Waals surface area contributed by atoms with Crippen LogP contribution in [0.3, 0.4) is 0 Å². The molecule has 1 aromatic rings. The van der Waals surface area contributed by atoms with Crippen LogP contribution in [0, 0.1) is 0 Å². The van der Waals surface area contributed by atoms with Gasteiger partial charge in [-0.3, -0.25) is 19.6 Å². The number of urea groups is 1. The number of amidine groups is 1. The van der Waals surface area contributed by atoms with E-state index in [0.29, 0.717) is 18.9 Å². The number of carbonyl (C=O) groups excluding carboxylic acids is 2. The quantitative estimate of drug-likeness (QED) is 0.433. The van der Waals surface area contributed by atoms with Gasteiger partial charge < -0.3 is 20.2 Å². The second kappa shape index (κ2) is 10.7. The summed E-state index contributed by atoms with van der Waals surface area (Å²) < 4.78 is 1.63. The summed E-state index contributed by atoms with van der Waals surface area (Å²) in [6.45, 7) is 1.07. The number of carbonyl (C=O) groups is 3. The lowest BCUT2D eigenvalue weighted by atomic mass is 10.1. The Balaban J connectivity index is 0.000000316. The number of carboxylic acids is 1. The molecule has 2 aliphatic heterocycles. The topological polar surface area (TPSA) is 150 Å². The van der Waals surface area contributed by atoms with Gasteiger partial charge in [0.1, 0.15) is 12.6 Å². The first-order valence-electron chi connectivity index (χ1n) is 9.50. The van der Waals surface area contributed by atoms with Crippen molar-refractivity contribution < 1.29 is 34.3 Å². The van der Waals surface area contributed by atoms with Crippen LogP contribution in [0.4, 0.5) is 4.79 Å². The highest BCUT2D eigenvalue weighted by Gasteiger charge is 2.50. The van der Waals surface area contributed by atoms with E-state index in [4.69, 9.17) is 10.2 Å². The van der Waals surface area contributed by atoms with E-state index in [-0.39, 0.29) is 24.6 Å². The first-order valence-corrected chi connectivity index (χ1v) is 9.50. The summed E-state index contributed by atoms with van der Waals surface area (Å²) in [5.41, 5.74) is 0.220. The second-order valence-corrected chi connectivity index (χ2v) is 7.13. The molecule has 3 rings (SSSR count). The Morgan fingerprint density at radius 1 is 1.32 bits per heavy atom. The van der Waals surface area contributed by atoms with Crippen LogP contribution >= 0.6 is 0 Å². The van der Waals surface area contributed by atoms with Gasteiger partial charge >= 0.3 is 12.0 Å². The van der Waals surface area contributed by atoms with Crippen molar-refractivity contribution in [2.24, 2.45) is 4.99 Å². The van der Waals surface area contributed by atoms with Crippen molar-refractivity contribution in [1.29, 1.82) is 0 Å². The van der Waals surface area contributed by atoms with Gasteiger partial charge in [0.05, 0.1) is 12.2 Å². The second-order valence-electron chi connectivity index (χ2n) is 7.13. The van der Waals surface area contributed by atoms with E-state index in [1.54, 1.807) is 29.6 Å². The van der Waals surface area contributed by atoms with Crippen molar-refractivity contribution in [2.45, 2.75) is 12.1 Å². The van der Waals surface area contributed by atoms with E-state index in [1.807, 2.05) is 0 Å². The predicted octanol–water partition coefficient (Wildman–Crippen LogP) is -1.60. The van der Waals surface area contributed by atoms with E-state index >= 15 is 0 Å². The largest absolute Gasteiger partial charge is 0.478 e. The van der Waals surface area contributed by atoms with Crippen molar-refractivity contribution in [3.05, 3.63) is 30.1 Å². The number of nitrogens with zero attached hydrogens (tertiary/aromatic N) is 6. The molecule has 31 heavy (non-hydrogen) atoms. The molecule has 0 saturated carbocycles. The third-order valence-corrected chi connectivity index (χ3v) is 4.73. The number of amides is 3. The molecule has 3 N–H and O–H groups in total. The van der Waals surface area contributed by atoms with E-state index < -0.39 is 24.1 Å². The summed E-state index contributed by atoms with van der Waals surface area (Å²) in [6, 6.07) is 1.99. The molecule has 3 heterocycles. The van der Waals surface area contributed by atoms with Crippen molar-refractivity contribution in [3.63, 3.8) is 0 Å². The van der Waals surface area contributed by atoms with Gasteiger partial charge in [0.25, 0.3) is 24.1 Å². The van der Waals surface area contributed by atoms with Gasteiger partial charge in [0.2, 0.25) is 0 Å². The minimum absolute atomic E-state index is 0.0190. The van der Waals surface area contributed by atoms with Crippen molar-refractivity contribution in [3.8, 4) is 0 Å². The van der Waals surface area contributed by atoms with E-state index in [2.05, 4.69) is 9.98 Å². The lowest BCUT2D eigenvalue weighted by Crippen LogP contribution is -2.62. The Morgan fingerprint density at radius 3 is 2.58 bits per heavy atom. The maximum atomic E-state index is 12.3. The molecule has 1 aromatic heterocycles. The fourth-order valence-corrected chi connectivity index (χ4v) is 3.11. The van der Waals surface area contributed by atoms with Gasteiger partial charge in [0, 0.05) is 39.6 Å². The van der Waals surface area contributed by atoms with Crippen LogP contribution in [0.5, 0.6) is 0 Å². The van der Waals surface area contributed by atoms with Crippen LogP contribution in [-0.2, 0) is 4.79 Å². The van der Waals surface area contributed by atoms with Gasteiger partial charge in [-0.1, -0.05) is 0 Å². The zero-order chi connectivity index (χ0) is 23.1. The molecule has 2 unspecified atom stereocenters. The van der Waals surface area contributed by atoms with Crippen LogP contribution in [0.2, 0.25) is 0 Å². The molecular formula is C19H27N6O6+. The fourth-order valence-electron chi connectivity index (χ4n) is 3.11. The molecule has 1 saturated heterocycles. The highest BCUT2D eigenvalue weighted by atomic mass is 16.4. The SMILES string of the molecule is CN(CCO)CC(O)C[N+]1=CN=C2C1C(=O)N(C)C(=O)N2C.O=C(O)c1cccnc1. The summed E-state index contributed by atoms with van der Waals surface area (Å²) >= 11 is 0. The smallest absolute Gasteiger partial charge is 0.337 e. The van der Waals surface area contributed by atoms with Gasteiger partial charge in [-0.2, -0.15) is 0 Å². The van der Waals surface area contributed by atoms with Crippen molar-refractivity contribution in [2.75, 3.05) is 47.4 Å². The average molecular weight is 435 g/mol. The number of aromatic nitrogens is 1. The number of fused-ring (bicyclic) bond motifs is 1. The van der Waals surface area contributed by atoms with Gasteiger partial charge in [0.15, 0.2) is 0 Å². The maximum absolute atomic E-state index is 12.3. The molecule has 0 radical (unpaired) electrons. The number of aromatic carboxylic acids is 1. The first-order chi connectivity index (χ1) is 14.7. The molecular weight excluding hydrogens is 408 g/mol. The third kappa shape index (κ3) is 5.90. The Hall–Kier alpha value is -3.22. The number of pyridine rings is 1. The summed E-state index contributed by atoms with van der Waals surface area (Å²) in [5, 5.41) is 27.3. The lowest BCUT2D eigenvalue weighted by molar-refractivity contribution is -0.539. The average Bonchev–Trinajstić information content (AvgIpc) is 3.15. The predicted molar refractivity (Wildman–Crippen MR) is 110 cm³/mol. The molecule has 3 amide bonds. The molecule has 0 aromatic carbocycles. The molecule has 168 valence electrons. The van der Waals surface area contributed by atoms with E-state index in [1.165, 1.54) is 36.7 Å². The van der Waals surface area contributed by atoms with Crippen LogP contribution in [0.25, 0.3) is 0 Å². The van der Waals surface area contributed by atoms with Crippen molar-refractivity contribution >= 4 is 30.1 Å².